The van der Waals surface area contributed by atoms with Gasteiger partial charge in [0, 0.05) is 96.0 Å². The third-order valence-corrected chi connectivity index (χ3v) is 18.9. The van der Waals surface area contributed by atoms with Crippen molar-refractivity contribution in [2.75, 3.05) is 70.7 Å². The van der Waals surface area contributed by atoms with E-state index >= 15 is 0 Å². The molecule has 0 radical (unpaired) electrons. The Labute approximate surface area is 410 Å². The van der Waals surface area contributed by atoms with Crippen molar-refractivity contribution >= 4 is 56.7 Å². The van der Waals surface area contributed by atoms with Gasteiger partial charge in [-0.1, -0.05) is 61.1 Å². The Morgan fingerprint density at radius 2 is 1.86 bits per heavy atom. The summed E-state index contributed by atoms with van der Waals surface area (Å²) in [7, 11) is 6.39. The number of nitrogens with one attached hydrogen (secondary N) is 3. The van der Waals surface area contributed by atoms with Crippen molar-refractivity contribution in [3.63, 3.8) is 0 Å². The van der Waals surface area contributed by atoms with Gasteiger partial charge in [0.25, 0.3) is 12.4 Å². The number of aliphatic hydroxyl groups excluding tert-OH is 1. The number of benzene rings is 2. The molecule has 10 atom stereocenters. The fraction of sp³-hybridized carbons (Fsp3) is 0.529. The lowest BCUT2D eigenvalue weighted by Crippen LogP contribution is -2.82. The summed E-state index contributed by atoms with van der Waals surface area (Å²) >= 11 is 0. The molecule has 3 fully saturated rings. The molecule has 10 rings (SSSR count). The Morgan fingerprint density at radius 1 is 1.03 bits per heavy atom. The van der Waals surface area contributed by atoms with E-state index in [9.17, 15) is 29.7 Å². The summed E-state index contributed by atoms with van der Waals surface area (Å²) in [5, 5.41) is 40.2. The van der Waals surface area contributed by atoms with E-state index in [1.165, 1.54) is 21.6 Å². The van der Waals surface area contributed by atoms with Crippen LogP contribution in [0.15, 0.2) is 78.0 Å². The average Bonchev–Trinajstić information content (AvgIpc) is 4.03. The lowest BCUT2D eigenvalue weighted by Gasteiger charge is -2.63. The van der Waals surface area contributed by atoms with Gasteiger partial charge in [-0.3, -0.25) is 24.8 Å². The SMILES string of the molecule is CC[C@]1(O)CC2CN(CCc3c([nH]c4ccccc34)[C@@](COC=O)(c3cc4c(cc3OC)N(C)[C@H]3[C@@](O)(C(=O)NNC(=O)OCCSSc5ccccn5)[C@H](O)[C@]5(CC)C=CCN6CC[C@]43[C@@H]65)C2)C1. The maximum absolute atomic E-state index is 14.9. The van der Waals surface area contributed by atoms with Crippen LogP contribution in [0.3, 0.4) is 0 Å². The van der Waals surface area contributed by atoms with Crippen LogP contribution in [0.5, 0.6) is 5.75 Å². The number of H-pyrrole nitrogens is 1. The van der Waals surface area contributed by atoms with Crippen LogP contribution in [-0.2, 0) is 36.3 Å². The van der Waals surface area contributed by atoms with Crippen molar-refractivity contribution in [2.24, 2.45) is 11.3 Å². The minimum Gasteiger partial charge on any atom is -0.496 e. The number of aromatic amines is 1. The summed E-state index contributed by atoms with van der Waals surface area (Å²) in [6.07, 6.45) is 6.50. The van der Waals surface area contributed by atoms with Gasteiger partial charge in [-0.15, -0.1) is 0 Å². The first-order chi connectivity index (χ1) is 33.3. The molecule has 6 N–H and O–H groups in total. The number of rotatable bonds is 13. The highest BCUT2D eigenvalue weighted by Crippen LogP contribution is 2.67. The second-order valence-corrected chi connectivity index (χ2v) is 22.4. The van der Waals surface area contributed by atoms with Crippen LogP contribution in [0.2, 0.25) is 0 Å². The minimum absolute atomic E-state index is 0.0110. The van der Waals surface area contributed by atoms with E-state index in [0.717, 1.165) is 57.1 Å². The molecule has 6 aliphatic rings. The zero-order chi connectivity index (χ0) is 48.3. The van der Waals surface area contributed by atoms with E-state index in [0.29, 0.717) is 76.1 Å². The van der Waals surface area contributed by atoms with Gasteiger partial charge >= 0.3 is 6.09 Å². The number of hydrogen-bond donors (Lipinski definition) is 6. The highest BCUT2D eigenvalue weighted by molar-refractivity contribution is 8.76. The second-order valence-electron chi connectivity index (χ2n) is 20.0. The first-order valence-electron chi connectivity index (χ1n) is 24.1. The lowest BCUT2D eigenvalue weighted by atomic mass is 9.47. The fourth-order valence-electron chi connectivity index (χ4n) is 14.0. The van der Waals surface area contributed by atoms with Crippen LogP contribution in [0.1, 0.15) is 68.3 Å². The number of methoxy groups -OCH3 is 1. The number of ether oxygens (including phenoxy) is 3. The molecule has 2 aromatic heterocycles. The summed E-state index contributed by atoms with van der Waals surface area (Å²) in [5.74, 6) is 0.00917. The Hall–Kier alpha value is -4.82. The second kappa shape index (κ2) is 18.4. The van der Waals surface area contributed by atoms with E-state index in [1.807, 2.05) is 74.3 Å². The molecule has 368 valence electrons. The van der Waals surface area contributed by atoms with E-state index in [4.69, 9.17) is 14.2 Å². The zero-order valence-corrected chi connectivity index (χ0v) is 41.2. The molecule has 16 nitrogen and oxygen atoms in total. The van der Waals surface area contributed by atoms with E-state index < -0.39 is 51.6 Å². The number of aliphatic hydroxyl groups is 3. The molecule has 2 saturated heterocycles. The summed E-state index contributed by atoms with van der Waals surface area (Å²) in [4.78, 5) is 55.3. The molecule has 18 heteroatoms. The number of piperidine rings is 1. The molecule has 69 heavy (non-hydrogen) atoms. The van der Waals surface area contributed by atoms with Gasteiger partial charge in [-0.05, 0) is 97.2 Å². The van der Waals surface area contributed by atoms with Crippen molar-refractivity contribution in [2.45, 2.75) is 97.6 Å². The minimum atomic E-state index is -2.48. The third-order valence-electron chi connectivity index (χ3n) is 16.7. The fourth-order valence-corrected chi connectivity index (χ4v) is 15.7. The maximum Gasteiger partial charge on any atom is 0.426 e. The first-order valence-corrected chi connectivity index (χ1v) is 26.5. The molecular weight excluding hydrogens is 919 g/mol. The summed E-state index contributed by atoms with van der Waals surface area (Å²) in [5.41, 5.74) is 3.76. The number of anilines is 1. The maximum atomic E-state index is 14.9. The molecule has 7 heterocycles. The number of carbonyl (C=O) groups is 3. The van der Waals surface area contributed by atoms with Crippen LogP contribution in [0.4, 0.5) is 10.5 Å². The van der Waals surface area contributed by atoms with Crippen molar-refractivity contribution in [3.8, 4) is 5.75 Å². The smallest absolute Gasteiger partial charge is 0.426 e. The number of hydrogen-bond acceptors (Lipinski definition) is 15. The number of nitrogens with zero attached hydrogens (tertiary/aromatic N) is 4. The largest absolute Gasteiger partial charge is 0.496 e. The van der Waals surface area contributed by atoms with Gasteiger partial charge in [0.2, 0.25) is 0 Å². The molecule has 1 saturated carbocycles. The predicted molar refractivity (Wildman–Crippen MR) is 264 cm³/mol. The van der Waals surface area contributed by atoms with Gasteiger partial charge < -0.3 is 39.4 Å². The van der Waals surface area contributed by atoms with Crippen molar-refractivity contribution in [3.05, 3.63) is 95.3 Å². The Balaban J connectivity index is 1.08. The molecule has 5 aliphatic heterocycles. The van der Waals surface area contributed by atoms with Gasteiger partial charge in [0.1, 0.15) is 30.1 Å². The quantitative estimate of drug-likeness (QED) is 0.0349. The standard InChI is InChI=1S/C51H63N7O9S2/c1-5-47(63)26-32-27-49(30-66-31-59,41-34(15-20-57(28-32)29-47)33-12-7-8-13-37(33)53-41)36-24-35-38(25-39(36)65-4)56(3)43-50(35)17-21-58-19-11-16-48(6-2,42(50)58)44(60)51(43,64)45(61)54-55-46(62)67-22-23-68-69-40-14-9-10-18-52-40/h7-14,16,18,24-25,31-32,42-44,53,60,63-64H,5-6,15,17,19-23,26-30H2,1-4H3,(H,54,61)(H,55,62)/t32?,42-,43+,44+,47-,48+,49-,50+,51-/m0/s1. The topological polar surface area (TPSA) is 202 Å². The van der Waals surface area contributed by atoms with Crippen LogP contribution in [0.25, 0.3) is 10.9 Å². The molecule has 2 aromatic carbocycles. The number of amides is 2. The van der Waals surface area contributed by atoms with Crippen LogP contribution < -0.4 is 20.5 Å². The Morgan fingerprint density at radius 3 is 2.62 bits per heavy atom. The van der Waals surface area contributed by atoms with E-state index in [-0.39, 0.29) is 25.2 Å². The highest BCUT2D eigenvalue weighted by Gasteiger charge is 2.78. The van der Waals surface area contributed by atoms with Gasteiger partial charge in [-0.2, -0.15) is 0 Å². The number of carbonyl (C=O) groups excluding carboxylic acids is 3. The number of hydrazine groups is 1. The Kier molecular flexibility index (Phi) is 12.8. The van der Waals surface area contributed by atoms with Gasteiger partial charge in [-0.25, -0.2) is 15.2 Å². The lowest BCUT2D eigenvalue weighted by molar-refractivity contribution is -0.204. The first kappa shape index (κ1) is 47.8. The van der Waals surface area contributed by atoms with Crippen molar-refractivity contribution < 1.29 is 43.9 Å². The summed E-state index contributed by atoms with van der Waals surface area (Å²) in [6.45, 7) is 7.86. The molecule has 2 amide bonds. The monoisotopic (exact) mass is 981 g/mol. The van der Waals surface area contributed by atoms with Gasteiger partial charge in [0.15, 0.2) is 5.60 Å². The predicted octanol–water partition coefficient (Wildman–Crippen LogP) is 4.84. The normalized spacial score (nSPS) is 33.2. The van der Waals surface area contributed by atoms with Crippen molar-refractivity contribution in [1.82, 2.24) is 30.6 Å². The third kappa shape index (κ3) is 7.53. The number of likely N-dealkylation sites (N-methyl/N-ethyl adjacent to an activating group) is 1. The summed E-state index contributed by atoms with van der Waals surface area (Å²) in [6, 6.07) is 16.6. The van der Waals surface area contributed by atoms with Crippen molar-refractivity contribution in [1.29, 1.82) is 0 Å². The van der Waals surface area contributed by atoms with Crippen LogP contribution in [0, 0.1) is 11.3 Å². The number of pyridine rings is 1. The molecule has 1 spiro atoms. The molecule has 1 aliphatic carbocycles. The number of fused-ring (bicyclic) bond motifs is 6. The number of para-hydroxylation sites is 1. The average molecular weight is 982 g/mol. The van der Waals surface area contributed by atoms with E-state index in [1.54, 1.807) is 13.3 Å². The van der Waals surface area contributed by atoms with Crippen LogP contribution >= 0.6 is 21.6 Å². The highest BCUT2D eigenvalue weighted by atomic mass is 33.1. The molecular formula is C51H63N7O9S2. The zero-order valence-electron chi connectivity index (χ0n) is 39.6. The molecule has 2 unspecified atom stereocenters. The number of aromatic nitrogens is 2. The van der Waals surface area contributed by atoms with Crippen LogP contribution in [-0.4, -0.2) is 149 Å². The summed E-state index contributed by atoms with van der Waals surface area (Å²) < 4.78 is 17.9. The Bertz CT molecular complexity index is 2640. The molecule has 4 aromatic rings. The van der Waals surface area contributed by atoms with Gasteiger partial charge in [0.05, 0.1) is 24.2 Å². The van der Waals surface area contributed by atoms with E-state index in [2.05, 4.69) is 48.8 Å². The molecule has 2 bridgehead atoms.